The van der Waals surface area contributed by atoms with Gasteiger partial charge in [0, 0.05) is 21.3 Å². The fraction of sp³-hybridized carbons (Fsp3) is 0.714. The van der Waals surface area contributed by atoms with Crippen LogP contribution in [0.5, 0.6) is 0 Å². The van der Waals surface area contributed by atoms with E-state index in [0.29, 0.717) is 0 Å². The van der Waals surface area contributed by atoms with Crippen LogP contribution >= 0.6 is 0 Å². The fourth-order valence-electron chi connectivity index (χ4n) is 0.237. The first-order valence-corrected chi connectivity index (χ1v) is 3.37. The average Bonchev–Trinajstić information content (AvgIpc) is 2.08. The molecular formula is C7H15FO6. The van der Waals surface area contributed by atoms with E-state index in [1.165, 1.54) is 14.2 Å². The van der Waals surface area contributed by atoms with E-state index in [4.69, 9.17) is 10.2 Å². The van der Waals surface area contributed by atoms with Crippen molar-refractivity contribution in [3.63, 3.8) is 0 Å². The predicted molar refractivity (Wildman–Crippen MR) is 45.6 cm³/mol. The molecule has 0 fully saturated rings. The predicted octanol–water partition coefficient (Wildman–Crippen LogP) is -0.545. The maximum Gasteiger partial charge on any atom is 0.329 e. The molecule has 0 amide bonds. The van der Waals surface area contributed by atoms with Crippen molar-refractivity contribution in [3.8, 4) is 0 Å². The molecule has 0 radical (unpaired) electrons. The summed E-state index contributed by atoms with van der Waals surface area (Å²) in [4.78, 5) is 18.7. The number of aliphatic hydroxyl groups is 1. The zero-order valence-electron chi connectivity index (χ0n) is 8.32. The van der Waals surface area contributed by atoms with Gasteiger partial charge in [-0.25, -0.2) is 4.79 Å². The third-order valence-electron chi connectivity index (χ3n) is 0.526. The first-order valence-electron chi connectivity index (χ1n) is 3.37. The molecule has 0 aliphatic rings. The number of carbonyl (C=O) groups excluding carboxylic acids is 1. The van der Waals surface area contributed by atoms with Gasteiger partial charge in [-0.3, -0.25) is 4.79 Å². The molecule has 0 saturated carbocycles. The highest BCUT2D eigenvalue weighted by Gasteiger charge is 1.90. The fourth-order valence-corrected chi connectivity index (χ4v) is 0.237. The molecule has 0 bridgehead atoms. The van der Waals surface area contributed by atoms with E-state index in [2.05, 4.69) is 9.47 Å². The van der Waals surface area contributed by atoms with Gasteiger partial charge in [-0.1, -0.05) is 0 Å². The van der Waals surface area contributed by atoms with Gasteiger partial charge in [-0.15, -0.1) is 0 Å². The van der Waals surface area contributed by atoms with Gasteiger partial charge < -0.3 is 19.7 Å². The minimum atomic E-state index is -1.43. The highest BCUT2D eigenvalue weighted by molar-refractivity contribution is 5.69. The molecule has 0 aliphatic heterocycles. The number of rotatable bonds is 4. The molecule has 0 aromatic heterocycles. The second-order valence-electron chi connectivity index (χ2n) is 1.61. The molecular weight excluding hydrogens is 199 g/mol. The second kappa shape index (κ2) is 17.9. The lowest BCUT2D eigenvalue weighted by molar-refractivity contribution is -0.141. The van der Waals surface area contributed by atoms with Crippen LogP contribution in [0.25, 0.3) is 0 Å². The van der Waals surface area contributed by atoms with E-state index in [1.807, 2.05) is 0 Å². The van der Waals surface area contributed by atoms with Gasteiger partial charge in [0.25, 0.3) is 0 Å². The zero-order valence-corrected chi connectivity index (χ0v) is 8.32. The molecule has 6 nitrogen and oxygen atoms in total. The van der Waals surface area contributed by atoms with Crippen LogP contribution < -0.4 is 0 Å². The summed E-state index contributed by atoms with van der Waals surface area (Å²) in [5.41, 5.74) is 0. The number of methoxy groups -OCH3 is 2. The molecule has 0 spiro atoms. The van der Waals surface area contributed by atoms with Crippen LogP contribution in [-0.4, -0.2) is 56.8 Å². The number of aliphatic hydroxyl groups excluding tert-OH is 1. The van der Waals surface area contributed by atoms with E-state index in [-0.39, 0.29) is 6.61 Å². The third kappa shape index (κ3) is 44.2. The Bertz CT molecular complexity index is 122. The normalized spacial score (nSPS) is 7.50. The van der Waals surface area contributed by atoms with Crippen molar-refractivity contribution in [1.82, 2.24) is 0 Å². The maximum absolute atomic E-state index is 10.9. The third-order valence-corrected chi connectivity index (χ3v) is 0.526. The summed E-state index contributed by atoms with van der Waals surface area (Å²) in [6, 6.07) is -1.43. The van der Waals surface area contributed by atoms with Crippen molar-refractivity contribution in [1.29, 1.82) is 0 Å². The molecule has 0 aliphatic carbocycles. The summed E-state index contributed by atoms with van der Waals surface area (Å²) < 4.78 is 19.2. The van der Waals surface area contributed by atoms with E-state index >= 15 is 0 Å². The van der Waals surface area contributed by atoms with Crippen LogP contribution in [0.15, 0.2) is 0 Å². The van der Waals surface area contributed by atoms with Crippen LogP contribution in [0.1, 0.15) is 0 Å². The summed E-state index contributed by atoms with van der Waals surface area (Å²) in [6.45, 7) is -0.639. The summed E-state index contributed by atoms with van der Waals surface area (Å²) in [5, 5.41) is 14.8. The van der Waals surface area contributed by atoms with E-state index in [0.717, 1.165) is 7.11 Å². The van der Waals surface area contributed by atoms with E-state index in [1.54, 1.807) is 0 Å². The van der Waals surface area contributed by atoms with Crippen LogP contribution in [-0.2, 0) is 19.1 Å². The van der Waals surface area contributed by atoms with Gasteiger partial charge in [-0.05, 0) is 0 Å². The van der Waals surface area contributed by atoms with Crippen LogP contribution in [0.2, 0.25) is 0 Å². The molecule has 7 heteroatoms. The zero-order chi connectivity index (χ0) is 12.0. The van der Waals surface area contributed by atoms with Crippen molar-refractivity contribution in [2.75, 3.05) is 34.5 Å². The van der Waals surface area contributed by atoms with Gasteiger partial charge in [0.1, 0.15) is 13.2 Å². The number of carboxylic acid groups (broad SMARTS) is 1. The molecule has 0 aromatic carbocycles. The second-order valence-corrected chi connectivity index (χ2v) is 1.61. The molecule has 0 rings (SSSR count). The van der Waals surface area contributed by atoms with E-state index in [9.17, 15) is 14.0 Å². The lowest BCUT2D eigenvalue weighted by Crippen LogP contribution is -2.02. The summed E-state index contributed by atoms with van der Waals surface area (Å²) in [5.74, 6) is -0.933. The number of hydrogen-bond acceptors (Lipinski definition) is 5. The average molecular weight is 214 g/mol. The van der Waals surface area contributed by atoms with Crippen LogP contribution in [0.4, 0.5) is 4.39 Å². The summed E-state index contributed by atoms with van der Waals surface area (Å²) in [6.07, 6.45) is 0. The summed E-state index contributed by atoms with van der Waals surface area (Å²) in [7, 11) is 3.60. The topological polar surface area (TPSA) is 93.1 Å². The maximum atomic E-state index is 10.9. The molecule has 2 N–H and O–H groups in total. The standard InChI is InChI=1S/C3H5FO2.C3H6O3.CH4O/c2*1-6-2-3(4)5;1-2/h2H2,1H3;2H2,1H3,(H,4,5);2H,1H3. The Morgan fingerprint density at radius 1 is 1.14 bits per heavy atom. The van der Waals surface area contributed by atoms with E-state index < -0.39 is 18.6 Å². The number of hydrogen-bond donors (Lipinski definition) is 2. The van der Waals surface area contributed by atoms with Crippen molar-refractivity contribution in [3.05, 3.63) is 0 Å². The SMILES string of the molecule is CO.COCC(=O)F.COCC(=O)O. The van der Waals surface area contributed by atoms with Gasteiger partial charge in [0.2, 0.25) is 0 Å². The van der Waals surface area contributed by atoms with Crippen molar-refractivity contribution < 1.29 is 33.7 Å². The summed E-state index contributed by atoms with van der Waals surface area (Å²) >= 11 is 0. The first kappa shape index (κ1) is 18.7. The quantitative estimate of drug-likeness (QED) is 0.610. The number of ether oxygens (including phenoxy) is 2. The molecule has 14 heavy (non-hydrogen) atoms. The largest absolute Gasteiger partial charge is 0.480 e. The highest BCUT2D eigenvalue weighted by Crippen LogP contribution is 1.70. The highest BCUT2D eigenvalue weighted by atomic mass is 19.1. The van der Waals surface area contributed by atoms with Crippen molar-refractivity contribution >= 4 is 12.0 Å². The van der Waals surface area contributed by atoms with Crippen LogP contribution in [0.3, 0.4) is 0 Å². The van der Waals surface area contributed by atoms with Crippen LogP contribution in [0, 0.1) is 0 Å². The lowest BCUT2D eigenvalue weighted by atomic mass is 10.8. The molecule has 0 atom stereocenters. The Balaban J connectivity index is -0.000000147. The van der Waals surface area contributed by atoms with Gasteiger partial charge in [0.05, 0.1) is 0 Å². The Morgan fingerprint density at radius 3 is 1.50 bits per heavy atom. The number of halogens is 1. The van der Waals surface area contributed by atoms with Gasteiger partial charge in [-0.2, -0.15) is 4.39 Å². The number of carbonyl (C=O) groups is 2. The van der Waals surface area contributed by atoms with Crippen molar-refractivity contribution in [2.24, 2.45) is 0 Å². The first-order chi connectivity index (χ1) is 6.54. The Morgan fingerprint density at radius 2 is 1.50 bits per heavy atom. The number of aliphatic carboxylic acids is 1. The minimum absolute atomic E-state index is 0.208. The smallest absolute Gasteiger partial charge is 0.329 e. The molecule has 0 saturated heterocycles. The number of carboxylic acids is 1. The molecule has 0 heterocycles. The Hall–Kier alpha value is -1.05. The Kier molecular flexibility index (Phi) is 23.9. The lowest BCUT2D eigenvalue weighted by Gasteiger charge is -1.83. The van der Waals surface area contributed by atoms with Gasteiger partial charge >= 0.3 is 12.0 Å². The monoisotopic (exact) mass is 214 g/mol. The van der Waals surface area contributed by atoms with Crippen molar-refractivity contribution in [2.45, 2.75) is 0 Å². The Labute approximate surface area is 81.2 Å². The van der Waals surface area contributed by atoms with Gasteiger partial charge in [0.15, 0.2) is 0 Å². The molecule has 86 valence electrons. The minimum Gasteiger partial charge on any atom is -0.480 e. The molecule has 0 unspecified atom stereocenters. The molecule has 0 aromatic rings.